The third-order valence-electron chi connectivity index (χ3n) is 2.89. The Morgan fingerprint density at radius 3 is 2.53 bits per heavy atom. The average molecular weight is 204 g/mol. The molecule has 1 atom stereocenters. The van der Waals surface area contributed by atoms with Gasteiger partial charge in [0.25, 0.3) is 0 Å². The molecule has 0 aliphatic carbocycles. The fourth-order valence-corrected chi connectivity index (χ4v) is 1.85. The van der Waals surface area contributed by atoms with Crippen molar-refractivity contribution in [2.24, 2.45) is 5.73 Å². The van der Waals surface area contributed by atoms with Crippen LogP contribution in [0.3, 0.4) is 0 Å². The van der Waals surface area contributed by atoms with Gasteiger partial charge in [-0.15, -0.1) is 0 Å². The van der Waals surface area contributed by atoms with Crippen LogP contribution in [0.5, 0.6) is 0 Å². The normalized spacial score (nSPS) is 18.4. The largest absolute Gasteiger partial charge is 0.339 e. The molecular weight excluding hydrogens is 188 g/mol. The fourth-order valence-electron chi connectivity index (χ4n) is 1.85. The van der Waals surface area contributed by atoms with Crippen LogP contribution in [0.25, 0.3) is 0 Å². The van der Waals surface area contributed by atoms with Crippen molar-refractivity contribution >= 4 is 5.91 Å². The van der Waals surface area contributed by atoms with Gasteiger partial charge in [0.05, 0.1) is 5.92 Å². The van der Waals surface area contributed by atoms with Crippen molar-refractivity contribution < 1.29 is 4.79 Å². The minimum atomic E-state index is -0.0568. The Labute approximate surface area is 89.9 Å². The van der Waals surface area contributed by atoms with E-state index in [0.717, 1.165) is 5.56 Å². The lowest BCUT2D eigenvalue weighted by Gasteiger charge is -2.38. The van der Waals surface area contributed by atoms with Gasteiger partial charge in [0.15, 0.2) is 0 Å². The zero-order valence-electron chi connectivity index (χ0n) is 8.89. The highest BCUT2D eigenvalue weighted by molar-refractivity contribution is 5.84. The van der Waals surface area contributed by atoms with Crippen molar-refractivity contribution in [3.8, 4) is 0 Å². The third kappa shape index (κ3) is 2.02. The van der Waals surface area contributed by atoms with E-state index >= 15 is 0 Å². The van der Waals surface area contributed by atoms with Crippen molar-refractivity contribution in [3.05, 3.63) is 35.9 Å². The van der Waals surface area contributed by atoms with Gasteiger partial charge in [0, 0.05) is 19.1 Å². The van der Waals surface area contributed by atoms with Crippen LogP contribution in [0.2, 0.25) is 0 Å². The van der Waals surface area contributed by atoms with Crippen LogP contribution in [0, 0.1) is 0 Å². The predicted octanol–water partition coefficient (Wildman–Crippen LogP) is 0.960. The van der Waals surface area contributed by atoms with Gasteiger partial charge in [0.1, 0.15) is 0 Å². The highest BCUT2D eigenvalue weighted by Gasteiger charge is 2.30. The van der Waals surface area contributed by atoms with Gasteiger partial charge in [0.2, 0.25) is 5.91 Å². The van der Waals surface area contributed by atoms with Crippen molar-refractivity contribution in [3.63, 3.8) is 0 Å². The van der Waals surface area contributed by atoms with E-state index in [1.54, 1.807) is 0 Å². The summed E-state index contributed by atoms with van der Waals surface area (Å²) in [5, 5.41) is 0. The molecule has 0 saturated carbocycles. The Morgan fingerprint density at radius 2 is 2.00 bits per heavy atom. The molecule has 1 aliphatic rings. The molecule has 1 aromatic rings. The van der Waals surface area contributed by atoms with E-state index in [1.165, 1.54) is 0 Å². The van der Waals surface area contributed by atoms with Gasteiger partial charge < -0.3 is 10.6 Å². The van der Waals surface area contributed by atoms with E-state index < -0.39 is 0 Å². The molecule has 1 saturated heterocycles. The molecule has 80 valence electrons. The second-order valence-electron chi connectivity index (χ2n) is 4.14. The van der Waals surface area contributed by atoms with Gasteiger partial charge in [-0.25, -0.2) is 0 Å². The Morgan fingerprint density at radius 1 is 1.40 bits per heavy atom. The van der Waals surface area contributed by atoms with Gasteiger partial charge in [-0.05, 0) is 12.5 Å². The molecule has 15 heavy (non-hydrogen) atoms. The van der Waals surface area contributed by atoms with E-state index in [2.05, 4.69) is 0 Å². The van der Waals surface area contributed by atoms with Crippen LogP contribution in [0.15, 0.2) is 30.3 Å². The summed E-state index contributed by atoms with van der Waals surface area (Å²) in [6.45, 7) is 3.35. The molecule has 0 bridgehead atoms. The molecule has 1 fully saturated rings. The highest BCUT2D eigenvalue weighted by Crippen LogP contribution is 2.20. The van der Waals surface area contributed by atoms with Gasteiger partial charge >= 0.3 is 0 Å². The maximum atomic E-state index is 11.9. The molecule has 0 radical (unpaired) electrons. The Bertz CT molecular complexity index is 344. The summed E-state index contributed by atoms with van der Waals surface area (Å²) in [5.41, 5.74) is 6.72. The summed E-state index contributed by atoms with van der Waals surface area (Å²) < 4.78 is 0. The number of hydrogen-bond acceptors (Lipinski definition) is 2. The summed E-state index contributed by atoms with van der Waals surface area (Å²) in [7, 11) is 0. The van der Waals surface area contributed by atoms with Crippen LogP contribution in [0.4, 0.5) is 0 Å². The monoisotopic (exact) mass is 204 g/mol. The second-order valence-corrected chi connectivity index (χ2v) is 4.14. The average Bonchev–Trinajstić information content (AvgIpc) is 2.24. The fraction of sp³-hybridized carbons (Fsp3) is 0.417. The molecule has 0 spiro atoms. The lowest BCUT2D eigenvalue weighted by Crippen LogP contribution is -2.58. The molecular formula is C12H16N2O. The van der Waals surface area contributed by atoms with E-state index in [4.69, 9.17) is 5.73 Å². The van der Waals surface area contributed by atoms with Crippen LogP contribution in [0.1, 0.15) is 18.4 Å². The van der Waals surface area contributed by atoms with Crippen LogP contribution >= 0.6 is 0 Å². The van der Waals surface area contributed by atoms with E-state index in [1.807, 2.05) is 42.2 Å². The minimum absolute atomic E-state index is 0.0568. The lowest BCUT2D eigenvalue weighted by atomic mass is 9.97. The SMILES string of the molecule is CC(C(=O)N1CC(N)C1)c1ccccc1. The number of carbonyl (C=O) groups excluding carboxylic acids is 1. The Balaban J connectivity index is 2.02. The van der Waals surface area contributed by atoms with Crippen molar-refractivity contribution in [2.45, 2.75) is 18.9 Å². The van der Waals surface area contributed by atoms with Gasteiger partial charge in [-0.3, -0.25) is 4.79 Å². The first-order valence-corrected chi connectivity index (χ1v) is 5.28. The Kier molecular flexibility index (Phi) is 2.73. The quantitative estimate of drug-likeness (QED) is 0.780. The molecule has 1 unspecified atom stereocenters. The Hall–Kier alpha value is -1.35. The number of amides is 1. The zero-order valence-corrected chi connectivity index (χ0v) is 8.89. The molecule has 2 N–H and O–H groups in total. The first-order chi connectivity index (χ1) is 7.18. The molecule has 0 aromatic heterocycles. The maximum absolute atomic E-state index is 11.9. The summed E-state index contributed by atoms with van der Waals surface area (Å²) in [5.74, 6) is 0.126. The van der Waals surface area contributed by atoms with Crippen LogP contribution < -0.4 is 5.73 Å². The van der Waals surface area contributed by atoms with E-state index in [0.29, 0.717) is 13.1 Å². The number of carbonyl (C=O) groups is 1. The molecule has 1 amide bonds. The number of likely N-dealkylation sites (tertiary alicyclic amines) is 1. The lowest BCUT2D eigenvalue weighted by molar-refractivity contribution is -0.136. The standard InChI is InChI=1S/C12H16N2O/c1-9(10-5-3-2-4-6-10)12(15)14-7-11(13)8-14/h2-6,9,11H,7-8,13H2,1H3. The summed E-state index contributed by atoms with van der Waals surface area (Å²) in [6, 6.07) is 10.0. The number of rotatable bonds is 2. The zero-order chi connectivity index (χ0) is 10.8. The first kappa shape index (κ1) is 10.2. The minimum Gasteiger partial charge on any atom is -0.339 e. The molecule has 3 heteroatoms. The van der Waals surface area contributed by atoms with Crippen molar-refractivity contribution in [1.82, 2.24) is 4.90 Å². The molecule has 1 heterocycles. The van der Waals surface area contributed by atoms with Gasteiger partial charge in [-0.1, -0.05) is 30.3 Å². The van der Waals surface area contributed by atoms with Crippen LogP contribution in [-0.4, -0.2) is 29.9 Å². The third-order valence-corrected chi connectivity index (χ3v) is 2.89. The number of nitrogens with zero attached hydrogens (tertiary/aromatic N) is 1. The summed E-state index contributed by atoms with van der Waals surface area (Å²) in [6.07, 6.45) is 0. The highest BCUT2D eigenvalue weighted by atomic mass is 16.2. The van der Waals surface area contributed by atoms with Crippen LogP contribution in [-0.2, 0) is 4.79 Å². The maximum Gasteiger partial charge on any atom is 0.229 e. The number of hydrogen-bond donors (Lipinski definition) is 1. The predicted molar refractivity (Wildman–Crippen MR) is 59.4 cm³/mol. The molecule has 2 rings (SSSR count). The topological polar surface area (TPSA) is 46.3 Å². The number of nitrogens with two attached hydrogens (primary N) is 1. The van der Waals surface area contributed by atoms with Crippen molar-refractivity contribution in [1.29, 1.82) is 0 Å². The van der Waals surface area contributed by atoms with Crippen molar-refractivity contribution in [2.75, 3.05) is 13.1 Å². The van der Waals surface area contributed by atoms with E-state index in [9.17, 15) is 4.79 Å². The van der Waals surface area contributed by atoms with E-state index in [-0.39, 0.29) is 17.9 Å². The molecule has 3 nitrogen and oxygen atoms in total. The molecule has 1 aliphatic heterocycles. The smallest absolute Gasteiger partial charge is 0.229 e. The number of benzene rings is 1. The van der Waals surface area contributed by atoms with Gasteiger partial charge in [-0.2, -0.15) is 0 Å². The summed E-state index contributed by atoms with van der Waals surface area (Å²) in [4.78, 5) is 13.8. The first-order valence-electron chi connectivity index (χ1n) is 5.28. The molecule has 1 aromatic carbocycles. The summed E-state index contributed by atoms with van der Waals surface area (Å²) >= 11 is 0. The second kappa shape index (κ2) is 4.03.